The van der Waals surface area contributed by atoms with Crippen LogP contribution >= 0.6 is 11.3 Å². The second kappa shape index (κ2) is 5.13. The molecule has 0 bridgehead atoms. The molecule has 4 heterocycles. The number of hydrogen-bond acceptors (Lipinski definition) is 5. The summed E-state index contributed by atoms with van der Waals surface area (Å²) < 4.78 is 4.01. The molecule has 6 nitrogen and oxygen atoms in total. The minimum absolute atomic E-state index is 0.0992. The highest BCUT2D eigenvalue weighted by molar-refractivity contribution is 7.18. The average molecular weight is 323 g/mol. The molecule has 4 rings (SSSR count). The lowest BCUT2D eigenvalue weighted by atomic mass is 10.1. The van der Waals surface area contributed by atoms with Crippen molar-refractivity contribution in [3.63, 3.8) is 0 Å². The maximum absolute atomic E-state index is 12.6. The Morgan fingerprint density at radius 3 is 2.61 bits per heavy atom. The maximum atomic E-state index is 12.6. The molecular weight excluding hydrogens is 310 g/mol. The normalized spacial score (nSPS) is 11.2. The first kappa shape index (κ1) is 13.8. The predicted octanol–water partition coefficient (Wildman–Crippen LogP) is 2.46. The first-order valence-corrected chi connectivity index (χ1v) is 7.91. The van der Waals surface area contributed by atoms with Crippen LogP contribution < -0.4 is 5.56 Å². The molecule has 0 saturated carbocycles. The molecule has 23 heavy (non-hydrogen) atoms. The van der Waals surface area contributed by atoms with Gasteiger partial charge in [0.05, 0.1) is 16.3 Å². The molecule has 4 aromatic rings. The third-order valence-corrected chi connectivity index (χ3v) is 4.72. The molecule has 7 heteroatoms. The van der Waals surface area contributed by atoms with E-state index < -0.39 is 0 Å². The maximum Gasteiger partial charge on any atom is 0.275 e. The van der Waals surface area contributed by atoms with Crippen LogP contribution in [0.3, 0.4) is 0 Å². The summed E-state index contributed by atoms with van der Waals surface area (Å²) in [6.45, 7) is 0. The van der Waals surface area contributed by atoms with E-state index in [9.17, 15) is 4.79 Å². The van der Waals surface area contributed by atoms with E-state index in [-0.39, 0.29) is 5.56 Å². The van der Waals surface area contributed by atoms with Gasteiger partial charge in [-0.1, -0.05) is 0 Å². The van der Waals surface area contributed by atoms with Gasteiger partial charge < -0.3 is 0 Å². The predicted molar refractivity (Wildman–Crippen MR) is 90.3 cm³/mol. The van der Waals surface area contributed by atoms with Crippen LogP contribution in [0.1, 0.15) is 0 Å². The van der Waals surface area contributed by atoms with E-state index in [1.807, 2.05) is 30.8 Å². The van der Waals surface area contributed by atoms with Crippen LogP contribution in [0.2, 0.25) is 0 Å². The van der Waals surface area contributed by atoms with E-state index in [2.05, 4.69) is 15.2 Å². The average Bonchev–Trinajstić information content (AvgIpc) is 3.18. The third kappa shape index (κ3) is 2.17. The third-order valence-electron chi connectivity index (χ3n) is 3.73. The first-order chi connectivity index (χ1) is 11.1. The van der Waals surface area contributed by atoms with Gasteiger partial charge in [-0.3, -0.25) is 14.5 Å². The van der Waals surface area contributed by atoms with Crippen LogP contribution in [0.25, 0.3) is 32.5 Å². The Hall–Kier alpha value is -2.80. The molecule has 4 aromatic heterocycles. The fourth-order valence-corrected chi connectivity index (χ4v) is 3.69. The molecule has 0 amide bonds. The van der Waals surface area contributed by atoms with E-state index in [0.717, 1.165) is 27.1 Å². The number of nitrogens with zero attached hydrogens (tertiary/aromatic N) is 5. The molecule has 0 radical (unpaired) electrons. The Morgan fingerprint density at radius 1 is 1.13 bits per heavy atom. The van der Waals surface area contributed by atoms with Crippen LogP contribution in [0, 0.1) is 0 Å². The number of thiophene rings is 1. The first-order valence-electron chi connectivity index (χ1n) is 7.03. The van der Waals surface area contributed by atoms with Gasteiger partial charge in [0.25, 0.3) is 5.56 Å². The van der Waals surface area contributed by atoms with E-state index in [1.54, 1.807) is 30.3 Å². The second-order valence-corrected chi connectivity index (χ2v) is 6.15. The molecule has 0 spiro atoms. The van der Waals surface area contributed by atoms with Gasteiger partial charge in [0, 0.05) is 54.8 Å². The SMILES string of the molecule is Cn1cc(-c2csc3c(-c4ccncc4)nn(C)c(=O)c23)cn1. The van der Waals surface area contributed by atoms with Gasteiger partial charge >= 0.3 is 0 Å². The number of rotatable bonds is 2. The summed E-state index contributed by atoms with van der Waals surface area (Å²) in [7, 11) is 3.54. The zero-order chi connectivity index (χ0) is 16.0. The monoisotopic (exact) mass is 323 g/mol. The van der Waals surface area contributed by atoms with Gasteiger partial charge in [0.1, 0.15) is 5.69 Å². The molecule has 0 aliphatic heterocycles. The number of fused-ring (bicyclic) bond motifs is 1. The van der Waals surface area contributed by atoms with Crippen molar-refractivity contribution in [3.8, 4) is 22.4 Å². The van der Waals surface area contributed by atoms with Crippen LogP contribution in [0.15, 0.2) is 47.1 Å². The standard InChI is InChI=1S/C16H13N5OS/c1-20-8-11(7-18-20)12-9-23-15-13(12)16(22)21(2)19-14(15)10-3-5-17-6-4-10/h3-9H,1-2H3. The van der Waals surface area contributed by atoms with Crippen molar-refractivity contribution in [2.45, 2.75) is 0 Å². The zero-order valence-corrected chi connectivity index (χ0v) is 13.4. The van der Waals surface area contributed by atoms with Gasteiger partial charge in [0.15, 0.2) is 0 Å². The molecule has 0 saturated heterocycles. The van der Waals surface area contributed by atoms with Crippen molar-refractivity contribution in [2.75, 3.05) is 0 Å². The van der Waals surface area contributed by atoms with Crippen molar-refractivity contribution in [2.24, 2.45) is 14.1 Å². The smallest absolute Gasteiger partial charge is 0.275 e. The van der Waals surface area contributed by atoms with Crippen LogP contribution in [0.4, 0.5) is 0 Å². The van der Waals surface area contributed by atoms with E-state index in [1.165, 1.54) is 16.0 Å². The summed E-state index contributed by atoms with van der Waals surface area (Å²) in [5.41, 5.74) is 3.47. The van der Waals surface area contributed by atoms with Gasteiger partial charge in [-0.15, -0.1) is 11.3 Å². The number of hydrogen-bond donors (Lipinski definition) is 0. The Labute approximate surface area is 135 Å². The Balaban J connectivity index is 2.07. The summed E-state index contributed by atoms with van der Waals surface area (Å²) in [6, 6.07) is 3.80. The van der Waals surface area contributed by atoms with Crippen molar-refractivity contribution in [1.29, 1.82) is 0 Å². The number of pyridine rings is 1. The molecule has 0 aliphatic carbocycles. The molecule has 0 aromatic carbocycles. The van der Waals surface area contributed by atoms with E-state index in [0.29, 0.717) is 5.39 Å². The molecule has 114 valence electrons. The van der Waals surface area contributed by atoms with Gasteiger partial charge in [-0.05, 0) is 12.1 Å². The van der Waals surface area contributed by atoms with Crippen LogP contribution in [0.5, 0.6) is 0 Å². The summed E-state index contributed by atoms with van der Waals surface area (Å²) in [5.74, 6) is 0. The minimum atomic E-state index is -0.0992. The fraction of sp³-hybridized carbons (Fsp3) is 0.125. The Kier molecular flexibility index (Phi) is 3.09. The topological polar surface area (TPSA) is 65.6 Å². The molecule has 0 atom stereocenters. The van der Waals surface area contributed by atoms with Gasteiger partial charge in [-0.2, -0.15) is 10.2 Å². The highest BCUT2D eigenvalue weighted by Gasteiger charge is 2.18. The van der Waals surface area contributed by atoms with Crippen molar-refractivity contribution in [3.05, 3.63) is 52.7 Å². The molecule has 0 N–H and O–H groups in total. The molecule has 0 unspecified atom stereocenters. The molecule has 0 fully saturated rings. The van der Waals surface area contributed by atoms with Crippen LogP contribution in [-0.4, -0.2) is 24.5 Å². The van der Waals surface area contributed by atoms with E-state index >= 15 is 0 Å². The molecular formula is C16H13N5OS. The number of aryl methyl sites for hydroxylation is 2. The van der Waals surface area contributed by atoms with Crippen molar-refractivity contribution < 1.29 is 0 Å². The lowest BCUT2D eigenvalue weighted by Gasteiger charge is -2.05. The second-order valence-electron chi connectivity index (χ2n) is 5.27. The highest BCUT2D eigenvalue weighted by atomic mass is 32.1. The highest BCUT2D eigenvalue weighted by Crippen LogP contribution is 2.36. The Morgan fingerprint density at radius 2 is 1.91 bits per heavy atom. The van der Waals surface area contributed by atoms with Gasteiger partial charge in [0.2, 0.25) is 0 Å². The summed E-state index contributed by atoms with van der Waals surface area (Å²) >= 11 is 1.53. The summed E-state index contributed by atoms with van der Waals surface area (Å²) in [4.78, 5) is 16.7. The van der Waals surface area contributed by atoms with E-state index in [4.69, 9.17) is 0 Å². The van der Waals surface area contributed by atoms with Crippen molar-refractivity contribution >= 4 is 21.4 Å². The zero-order valence-electron chi connectivity index (χ0n) is 12.6. The Bertz CT molecular complexity index is 1060. The number of aromatic nitrogens is 5. The van der Waals surface area contributed by atoms with Gasteiger partial charge in [-0.25, -0.2) is 4.68 Å². The lowest BCUT2D eigenvalue weighted by Crippen LogP contribution is -2.20. The largest absolute Gasteiger partial charge is 0.275 e. The minimum Gasteiger partial charge on any atom is -0.275 e. The van der Waals surface area contributed by atoms with Crippen molar-refractivity contribution in [1.82, 2.24) is 24.5 Å². The quantitative estimate of drug-likeness (QED) is 0.568. The fourth-order valence-electron chi connectivity index (χ4n) is 2.62. The lowest BCUT2D eigenvalue weighted by molar-refractivity contribution is 0.723. The molecule has 0 aliphatic rings. The van der Waals surface area contributed by atoms with Crippen LogP contribution in [-0.2, 0) is 14.1 Å². The summed E-state index contributed by atoms with van der Waals surface area (Å²) in [5, 5.41) is 11.3. The summed E-state index contributed by atoms with van der Waals surface area (Å²) in [6.07, 6.45) is 7.13.